The molecule has 0 radical (unpaired) electrons. The lowest BCUT2D eigenvalue weighted by molar-refractivity contribution is -0.146. The zero-order valence-electron chi connectivity index (χ0n) is 15.1. The van der Waals surface area contributed by atoms with Crippen LogP contribution in [0.5, 0.6) is 0 Å². The molecular formula is C17H24N4O4. The molecule has 25 heavy (non-hydrogen) atoms. The summed E-state index contributed by atoms with van der Waals surface area (Å²) in [7, 11) is 4.83. The van der Waals surface area contributed by atoms with Gasteiger partial charge in [0.15, 0.2) is 11.2 Å². The lowest BCUT2D eigenvalue weighted by Gasteiger charge is -2.27. The van der Waals surface area contributed by atoms with E-state index in [-0.39, 0.29) is 29.1 Å². The normalized spacial score (nSPS) is 20.8. The second-order valence-corrected chi connectivity index (χ2v) is 6.89. The average molecular weight is 348 g/mol. The highest BCUT2D eigenvalue weighted by Gasteiger charge is 2.28. The molecule has 0 unspecified atom stereocenters. The number of esters is 1. The van der Waals surface area contributed by atoms with Crippen LogP contribution < -0.4 is 11.2 Å². The number of fused-ring (bicyclic) bond motifs is 1. The number of carbonyl (C=O) groups excluding carboxylic acids is 1. The van der Waals surface area contributed by atoms with Crippen molar-refractivity contribution < 1.29 is 9.53 Å². The third kappa shape index (κ3) is 2.89. The number of aryl methyl sites for hydroxylation is 3. The number of carbonyl (C=O) groups is 1. The van der Waals surface area contributed by atoms with E-state index in [1.165, 1.54) is 16.2 Å². The van der Waals surface area contributed by atoms with Crippen molar-refractivity contribution in [3.8, 4) is 0 Å². The Kier molecular flexibility index (Phi) is 4.53. The summed E-state index contributed by atoms with van der Waals surface area (Å²) in [5.74, 6) is 0.665. The molecule has 0 spiro atoms. The predicted molar refractivity (Wildman–Crippen MR) is 92.4 cm³/mol. The molecule has 0 saturated heterocycles. The van der Waals surface area contributed by atoms with Crippen LogP contribution in [0.2, 0.25) is 0 Å². The van der Waals surface area contributed by atoms with Gasteiger partial charge in [0.2, 0.25) is 0 Å². The van der Waals surface area contributed by atoms with Crippen LogP contribution in [0.4, 0.5) is 0 Å². The Morgan fingerprint density at radius 3 is 2.40 bits per heavy atom. The molecule has 3 rings (SSSR count). The quantitative estimate of drug-likeness (QED) is 0.763. The highest BCUT2D eigenvalue weighted by Crippen LogP contribution is 2.30. The molecule has 1 aliphatic rings. The molecule has 1 aliphatic carbocycles. The molecule has 0 bridgehead atoms. The van der Waals surface area contributed by atoms with Gasteiger partial charge in [-0.25, -0.2) is 9.78 Å². The molecular weight excluding hydrogens is 324 g/mol. The molecule has 0 aliphatic heterocycles. The number of imidazole rings is 1. The van der Waals surface area contributed by atoms with Gasteiger partial charge in [-0.3, -0.25) is 18.7 Å². The summed E-state index contributed by atoms with van der Waals surface area (Å²) in [5, 5.41) is 0. The molecule has 2 aromatic heterocycles. The minimum absolute atomic E-state index is 0.0667. The van der Waals surface area contributed by atoms with Gasteiger partial charge in [-0.05, 0) is 38.5 Å². The first-order chi connectivity index (χ1) is 11.8. The lowest BCUT2D eigenvalue weighted by atomic mass is 9.82. The molecule has 2 aromatic rings. The van der Waals surface area contributed by atoms with E-state index in [4.69, 9.17) is 4.74 Å². The molecule has 136 valence electrons. The number of hydrogen-bond acceptors (Lipinski definition) is 5. The Bertz CT molecular complexity index is 929. The number of nitrogens with zero attached hydrogens (tertiary/aromatic N) is 4. The zero-order chi connectivity index (χ0) is 18.3. The standard InChI is InChI=1S/C17H24N4O4/c1-10-18-14-13(19(10)2)15(22)21(17(24)20(14)3)9-11-5-7-12(8-6-11)16(23)25-4/h11-12H,5-9H2,1-4H3. The minimum Gasteiger partial charge on any atom is -0.469 e. The van der Waals surface area contributed by atoms with E-state index in [9.17, 15) is 14.4 Å². The summed E-state index contributed by atoms with van der Waals surface area (Å²) in [6.45, 7) is 2.18. The van der Waals surface area contributed by atoms with Gasteiger partial charge in [0.1, 0.15) is 5.82 Å². The summed E-state index contributed by atoms with van der Waals surface area (Å²) in [5.41, 5.74) is 0.227. The fourth-order valence-electron chi connectivity index (χ4n) is 3.72. The SMILES string of the molecule is COC(=O)C1CCC(Cn2c(=O)c3c(nc(C)n3C)n(C)c2=O)CC1. The van der Waals surface area contributed by atoms with E-state index in [0.717, 1.165) is 25.7 Å². The Morgan fingerprint density at radius 2 is 1.80 bits per heavy atom. The monoisotopic (exact) mass is 348 g/mol. The van der Waals surface area contributed by atoms with E-state index in [2.05, 4.69) is 4.98 Å². The fraction of sp³-hybridized carbons (Fsp3) is 0.647. The summed E-state index contributed by atoms with van der Waals surface area (Å²) in [6, 6.07) is 0. The third-order valence-electron chi connectivity index (χ3n) is 5.41. The maximum absolute atomic E-state index is 12.8. The fourth-order valence-corrected chi connectivity index (χ4v) is 3.72. The van der Waals surface area contributed by atoms with Gasteiger partial charge in [-0.1, -0.05) is 0 Å². The van der Waals surface area contributed by atoms with Gasteiger partial charge in [-0.15, -0.1) is 0 Å². The van der Waals surface area contributed by atoms with Crippen molar-refractivity contribution in [2.24, 2.45) is 25.9 Å². The van der Waals surface area contributed by atoms with Crippen molar-refractivity contribution >= 4 is 17.1 Å². The second-order valence-electron chi connectivity index (χ2n) is 6.89. The summed E-state index contributed by atoms with van der Waals surface area (Å²) in [6.07, 6.45) is 3.08. The largest absolute Gasteiger partial charge is 0.469 e. The number of aromatic nitrogens is 4. The van der Waals surface area contributed by atoms with E-state index in [1.807, 2.05) is 6.92 Å². The summed E-state index contributed by atoms with van der Waals surface area (Å²) >= 11 is 0. The molecule has 1 fully saturated rings. The summed E-state index contributed by atoms with van der Waals surface area (Å²) in [4.78, 5) is 41.4. The van der Waals surface area contributed by atoms with Crippen LogP contribution in [0.3, 0.4) is 0 Å². The maximum atomic E-state index is 12.8. The van der Waals surface area contributed by atoms with Crippen LogP contribution in [-0.2, 0) is 30.2 Å². The van der Waals surface area contributed by atoms with Crippen molar-refractivity contribution in [2.45, 2.75) is 39.2 Å². The van der Waals surface area contributed by atoms with E-state index >= 15 is 0 Å². The van der Waals surface area contributed by atoms with E-state index in [1.54, 1.807) is 18.7 Å². The third-order valence-corrected chi connectivity index (χ3v) is 5.41. The van der Waals surface area contributed by atoms with E-state index in [0.29, 0.717) is 23.5 Å². The maximum Gasteiger partial charge on any atom is 0.332 e. The van der Waals surface area contributed by atoms with Crippen molar-refractivity contribution in [1.29, 1.82) is 0 Å². The van der Waals surface area contributed by atoms with Crippen LogP contribution in [0.15, 0.2) is 9.59 Å². The molecule has 8 nitrogen and oxygen atoms in total. The van der Waals surface area contributed by atoms with Crippen LogP contribution in [0.25, 0.3) is 11.2 Å². The van der Waals surface area contributed by atoms with Crippen LogP contribution in [0.1, 0.15) is 31.5 Å². The molecule has 0 N–H and O–H groups in total. The molecule has 0 aromatic carbocycles. The first-order valence-electron chi connectivity index (χ1n) is 8.55. The average Bonchev–Trinajstić information content (AvgIpc) is 2.92. The van der Waals surface area contributed by atoms with Crippen molar-refractivity contribution in [1.82, 2.24) is 18.7 Å². The van der Waals surface area contributed by atoms with E-state index < -0.39 is 0 Å². The second kappa shape index (κ2) is 6.50. The smallest absolute Gasteiger partial charge is 0.332 e. The van der Waals surface area contributed by atoms with Crippen molar-refractivity contribution in [3.05, 3.63) is 26.7 Å². The molecule has 8 heteroatoms. The Balaban J connectivity index is 1.90. The van der Waals surface area contributed by atoms with Gasteiger partial charge in [0, 0.05) is 20.6 Å². The zero-order valence-corrected chi connectivity index (χ0v) is 15.1. The molecule has 0 atom stereocenters. The van der Waals surface area contributed by atoms with Gasteiger partial charge in [-0.2, -0.15) is 0 Å². The van der Waals surface area contributed by atoms with Crippen molar-refractivity contribution in [2.75, 3.05) is 7.11 Å². The Hall–Kier alpha value is -2.38. The predicted octanol–water partition coefficient (Wildman–Crippen LogP) is 0.722. The van der Waals surface area contributed by atoms with Gasteiger partial charge in [0.25, 0.3) is 5.56 Å². The highest BCUT2D eigenvalue weighted by atomic mass is 16.5. The molecule has 2 heterocycles. The molecule has 0 amide bonds. The van der Waals surface area contributed by atoms with Gasteiger partial charge in [0.05, 0.1) is 13.0 Å². The Morgan fingerprint density at radius 1 is 1.16 bits per heavy atom. The number of ether oxygens (including phenoxy) is 1. The summed E-state index contributed by atoms with van der Waals surface area (Å²) < 4.78 is 9.27. The lowest BCUT2D eigenvalue weighted by Crippen LogP contribution is -2.41. The van der Waals surface area contributed by atoms with Crippen molar-refractivity contribution in [3.63, 3.8) is 0 Å². The minimum atomic E-state index is -0.342. The van der Waals surface area contributed by atoms with Crippen LogP contribution in [0, 0.1) is 18.8 Å². The number of hydrogen-bond donors (Lipinski definition) is 0. The number of rotatable bonds is 3. The highest BCUT2D eigenvalue weighted by molar-refractivity contribution is 5.72. The first-order valence-corrected chi connectivity index (χ1v) is 8.55. The van der Waals surface area contributed by atoms with Gasteiger partial charge < -0.3 is 9.30 Å². The van der Waals surface area contributed by atoms with Gasteiger partial charge >= 0.3 is 11.7 Å². The van der Waals surface area contributed by atoms with Crippen LogP contribution in [-0.4, -0.2) is 31.8 Å². The Labute approximate surface area is 145 Å². The topological polar surface area (TPSA) is 88.1 Å². The molecule has 1 saturated carbocycles. The number of methoxy groups -OCH3 is 1. The van der Waals surface area contributed by atoms with Crippen LogP contribution >= 0.6 is 0 Å². The first kappa shape index (κ1) is 17.4.